The van der Waals surface area contributed by atoms with Crippen LogP contribution in [0.2, 0.25) is 0 Å². The van der Waals surface area contributed by atoms with Gasteiger partial charge in [-0.1, -0.05) is 12.2 Å². The Morgan fingerprint density at radius 3 is 2.55 bits per heavy atom. The van der Waals surface area contributed by atoms with Gasteiger partial charge in [0.25, 0.3) is 0 Å². The Kier molecular flexibility index (Phi) is 6.71. The lowest BCUT2D eigenvalue weighted by Gasteiger charge is -2.09. The molecule has 0 bridgehead atoms. The second kappa shape index (κ2) is 8.28. The van der Waals surface area contributed by atoms with E-state index in [-0.39, 0.29) is 0 Å². The second-order valence-electron chi connectivity index (χ2n) is 4.83. The molecule has 0 heterocycles. The number of ether oxygens (including phenoxy) is 1. The third-order valence-electron chi connectivity index (χ3n) is 2.35. The van der Waals surface area contributed by atoms with E-state index in [9.17, 15) is 8.42 Å². The van der Waals surface area contributed by atoms with Gasteiger partial charge in [-0.05, 0) is 31.2 Å². The van der Waals surface area contributed by atoms with E-state index in [4.69, 9.17) is 10.5 Å². The highest BCUT2D eigenvalue weighted by molar-refractivity contribution is 7.92. The topological polar surface area (TPSA) is 106 Å². The fourth-order valence-electron chi connectivity index (χ4n) is 1.46. The molecule has 0 aliphatic carbocycles. The summed E-state index contributed by atoms with van der Waals surface area (Å²) in [4.78, 5) is 4.08. The number of aliphatic imine (C=N–C) groups is 1. The molecule has 0 fully saturated rings. The highest BCUT2D eigenvalue weighted by Gasteiger charge is 2.01. The van der Waals surface area contributed by atoms with Crippen molar-refractivity contribution in [1.29, 1.82) is 0 Å². The van der Waals surface area contributed by atoms with Crippen LogP contribution < -0.4 is 20.5 Å². The number of hydrogen-bond donors (Lipinski definition) is 3. The highest BCUT2D eigenvalue weighted by atomic mass is 32.2. The maximum Gasteiger partial charge on any atom is 0.229 e. The SMILES string of the molecule is C=C(C)CN=C(N)NCCOc1ccc(NS(C)(=O)=O)cc1. The van der Waals surface area contributed by atoms with Crippen LogP contribution in [0.1, 0.15) is 6.92 Å². The van der Waals surface area contributed by atoms with Crippen LogP contribution in [0.5, 0.6) is 5.75 Å². The van der Waals surface area contributed by atoms with Gasteiger partial charge in [0, 0.05) is 5.69 Å². The van der Waals surface area contributed by atoms with Crippen molar-refractivity contribution in [3.63, 3.8) is 0 Å². The zero-order chi connectivity index (χ0) is 16.6. The molecule has 8 heteroatoms. The lowest BCUT2D eigenvalue weighted by atomic mass is 10.3. The maximum absolute atomic E-state index is 11.1. The molecule has 0 radical (unpaired) electrons. The number of hydrogen-bond acceptors (Lipinski definition) is 4. The number of guanidine groups is 1. The minimum absolute atomic E-state index is 0.347. The molecule has 4 N–H and O–H groups in total. The molecule has 0 saturated heterocycles. The van der Waals surface area contributed by atoms with E-state index in [1.54, 1.807) is 24.3 Å². The van der Waals surface area contributed by atoms with Gasteiger partial charge in [-0.2, -0.15) is 0 Å². The number of anilines is 1. The Balaban J connectivity index is 2.34. The third kappa shape index (κ3) is 8.15. The van der Waals surface area contributed by atoms with Gasteiger partial charge in [0.15, 0.2) is 5.96 Å². The van der Waals surface area contributed by atoms with E-state index < -0.39 is 10.0 Å². The molecule has 122 valence electrons. The minimum atomic E-state index is -3.27. The molecule has 0 aliphatic heterocycles. The average molecular weight is 326 g/mol. The predicted molar refractivity (Wildman–Crippen MR) is 89.7 cm³/mol. The summed E-state index contributed by atoms with van der Waals surface area (Å²) in [7, 11) is -3.27. The number of nitrogens with zero attached hydrogens (tertiary/aromatic N) is 1. The quantitative estimate of drug-likeness (QED) is 0.285. The molecule has 1 aromatic carbocycles. The first-order valence-electron chi connectivity index (χ1n) is 6.65. The van der Waals surface area contributed by atoms with E-state index in [2.05, 4.69) is 21.6 Å². The molecule has 0 saturated carbocycles. The molecule has 22 heavy (non-hydrogen) atoms. The minimum Gasteiger partial charge on any atom is -0.492 e. The lowest BCUT2D eigenvalue weighted by Crippen LogP contribution is -2.34. The summed E-state index contributed by atoms with van der Waals surface area (Å²) >= 11 is 0. The number of nitrogens with one attached hydrogen (secondary N) is 2. The molecule has 1 rings (SSSR count). The fourth-order valence-corrected chi connectivity index (χ4v) is 2.02. The first-order chi connectivity index (χ1) is 10.3. The molecule has 0 unspecified atom stereocenters. The van der Waals surface area contributed by atoms with Gasteiger partial charge in [-0.3, -0.25) is 4.72 Å². The number of benzene rings is 1. The van der Waals surface area contributed by atoms with Crippen molar-refractivity contribution in [2.45, 2.75) is 6.92 Å². The Hall–Kier alpha value is -2.22. The summed E-state index contributed by atoms with van der Waals surface area (Å²) < 4.78 is 30.0. The Morgan fingerprint density at radius 1 is 1.36 bits per heavy atom. The van der Waals surface area contributed by atoms with Crippen LogP contribution in [0.4, 0.5) is 5.69 Å². The zero-order valence-electron chi connectivity index (χ0n) is 12.8. The molecule has 7 nitrogen and oxygen atoms in total. The summed E-state index contributed by atoms with van der Waals surface area (Å²) in [5.41, 5.74) is 7.08. The summed E-state index contributed by atoms with van der Waals surface area (Å²) in [6.07, 6.45) is 1.10. The molecule has 1 aromatic rings. The molecule has 0 atom stereocenters. The Labute approximate surface area is 131 Å². The first-order valence-corrected chi connectivity index (χ1v) is 8.54. The van der Waals surface area contributed by atoms with Crippen molar-refractivity contribution < 1.29 is 13.2 Å². The molecule has 0 amide bonds. The van der Waals surface area contributed by atoms with Crippen LogP contribution in [-0.2, 0) is 10.0 Å². The second-order valence-corrected chi connectivity index (χ2v) is 6.58. The third-order valence-corrected chi connectivity index (χ3v) is 2.96. The summed E-state index contributed by atoms with van der Waals surface area (Å²) in [5, 5.41) is 2.92. The largest absolute Gasteiger partial charge is 0.492 e. The molecule has 0 spiro atoms. The van der Waals surface area contributed by atoms with E-state index in [1.165, 1.54) is 0 Å². The van der Waals surface area contributed by atoms with E-state index in [1.807, 2.05) is 6.92 Å². The predicted octanol–water partition coefficient (Wildman–Crippen LogP) is 0.917. The van der Waals surface area contributed by atoms with Gasteiger partial charge < -0.3 is 15.8 Å². The van der Waals surface area contributed by atoms with Gasteiger partial charge in [0.2, 0.25) is 10.0 Å². The molecule has 0 aromatic heterocycles. The smallest absolute Gasteiger partial charge is 0.229 e. The monoisotopic (exact) mass is 326 g/mol. The Bertz CT molecular complexity index is 624. The van der Waals surface area contributed by atoms with Gasteiger partial charge >= 0.3 is 0 Å². The van der Waals surface area contributed by atoms with Crippen LogP contribution in [0.3, 0.4) is 0 Å². The van der Waals surface area contributed by atoms with Crippen molar-refractivity contribution in [3.8, 4) is 5.75 Å². The van der Waals surface area contributed by atoms with Crippen molar-refractivity contribution >= 4 is 21.7 Å². The van der Waals surface area contributed by atoms with E-state index in [0.29, 0.717) is 37.1 Å². The zero-order valence-corrected chi connectivity index (χ0v) is 13.6. The number of nitrogens with two attached hydrogens (primary N) is 1. The van der Waals surface area contributed by atoms with Gasteiger partial charge in [-0.15, -0.1) is 0 Å². The lowest BCUT2D eigenvalue weighted by molar-refractivity contribution is 0.322. The molecule has 0 aliphatic rings. The summed E-state index contributed by atoms with van der Waals surface area (Å²) in [5.74, 6) is 0.984. The summed E-state index contributed by atoms with van der Waals surface area (Å²) in [6.45, 7) is 7.02. The number of sulfonamides is 1. The fraction of sp³-hybridized carbons (Fsp3) is 0.357. The summed E-state index contributed by atoms with van der Waals surface area (Å²) in [6, 6.07) is 6.64. The van der Waals surface area contributed by atoms with Gasteiger partial charge in [0.1, 0.15) is 12.4 Å². The maximum atomic E-state index is 11.1. The van der Waals surface area contributed by atoms with Crippen molar-refractivity contribution in [2.75, 3.05) is 30.7 Å². The average Bonchev–Trinajstić information content (AvgIpc) is 2.41. The van der Waals surface area contributed by atoms with Crippen LogP contribution in [-0.4, -0.2) is 40.3 Å². The van der Waals surface area contributed by atoms with E-state index in [0.717, 1.165) is 11.8 Å². The first kappa shape index (κ1) is 17.8. The van der Waals surface area contributed by atoms with Crippen LogP contribution in [0.25, 0.3) is 0 Å². The Morgan fingerprint density at radius 2 is 2.00 bits per heavy atom. The molecular formula is C14H22N4O3S. The van der Waals surface area contributed by atoms with Crippen LogP contribution in [0, 0.1) is 0 Å². The normalized spacial score (nSPS) is 11.8. The van der Waals surface area contributed by atoms with Crippen molar-refractivity contribution in [1.82, 2.24) is 5.32 Å². The standard InChI is InChI=1S/C14H22N4O3S/c1-11(2)10-17-14(15)16-8-9-21-13-6-4-12(5-7-13)18-22(3,19)20/h4-7,18H,1,8-10H2,2-3H3,(H3,15,16,17). The molecular weight excluding hydrogens is 304 g/mol. The van der Waals surface area contributed by atoms with E-state index >= 15 is 0 Å². The van der Waals surface area contributed by atoms with Gasteiger partial charge in [0.05, 0.1) is 19.3 Å². The van der Waals surface area contributed by atoms with Crippen LogP contribution in [0.15, 0.2) is 41.4 Å². The van der Waals surface area contributed by atoms with Gasteiger partial charge in [-0.25, -0.2) is 13.4 Å². The highest BCUT2D eigenvalue weighted by Crippen LogP contribution is 2.16. The number of rotatable bonds is 8. The van der Waals surface area contributed by atoms with Crippen LogP contribution >= 0.6 is 0 Å². The van der Waals surface area contributed by atoms with Crippen molar-refractivity contribution in [2.24, 2.45) is 10.7 Å². The van der Waals surface area contributed by atoms with Crippen molar-refractivity contribution in [3.05, 3.63) is 36.4 Å².